The van der Waals surface area contributed by atoms with Crippen LogP contribution in [0.25, 0.3) is 0 Å². The minimum atomic E-state index is -1.06. The zero-order valence-electron chi connectivity index (χ0n) is 12.4. The molecule has 6 nitrogen and oxygen atoms in total. The van der Waals surface area contributed by atoms with Crippen LogP contribution in [0.1, 0.15) is 27.2 Å². The number of aliphatic carboxylic acids is 1. The Morgan fingerprint density at radius 3 is 2.45 bits per heavy atom. The molecule has 1 aliphatic rings. The van der Waals surface area contributed by atoms with Crippen LogP contribution in [0.4, 0.5) is 0 Å². The van der Waals surface area contributed by atoms with E-state index in [0.29, 0.717) is 18.1 Å². The van der Waals surface area contributed by atoms with Crippen molar-refractivity contribution in [2.75, 3.05) is 25.2 Å². The summed E-state index contributed by atoms with van der Waals surface area (Å²) in [6.07, 6.45) is 0.375. The molecular weight excluding hydrogens is 280 g/mol. The largest absolute Gasteiger partial charge is 0.480 e. The minimum Gasteiger partial charge on any atom is -0.480 e. The molecule has 20 heavy (non-hydrogen) atoms. The predicted molar refractivity (Wildman–Crippen MR) is 77.3 cm³/mol. The number of likely N-dealkylation sites (N-methyl/N-ethyl adjacent to an activating group) is 1. The lowest BCUT2D eigenvalue weighted by Gasteiger charge is -2.29. The van der Waals surface area contributed by atoms with E-state index in [-0.39, 0.29) is 23.8 Å². The molecule has 1 aliphatic heterocycles. The molecule has 0 aliphatic carbocycles. The molecule has 1 fully saturated rings. The quantitative estimate of drug-likeness (QED) is 0.833. The zero-order valence-corrected chi connectivity index (χ0v) is 13.2. The van der Waals surface area contributed by atoms with Gasteiger partial charge in [-0.25, -0.2) is 0 Å². The molecule has 1 unspecified atom stereocenters. The van der Waals surface area contributed by atoms with Crippen LogP contribution >= 0.6 is 11.8 Å². The number of thioether (sulfide) groups is 1. The molecule has 0 bridgehead atoms. The second-order valence-electron chi connectivity index (χ2n) is 6.20. The maximum absolute atomic E-state index is 12.2. The minimum absolute atomic E-state index is 0.0513. The first-order valence-corrected chi connectivity index (χ1v) is 7.61. The van der Waals surface area contributed by atoms with Gasteiger partial charge in [-0.05, 0) is 5.41 Å². The van der Waals surface area contributed by atoms with Crippen molar-refractivity contribution in [1.82, 2.24) is 9.80 Å². The fourth-order valence-electron chi connectivity index (χ4n) is 1.98. The highest BCUT2D eigenvalue weighted by Gasteiger charge is 2.37. The normalized spacial score (nSPS) is 19.0. The number of carboxylic acids is 1. The van der Waals surface area contributed by atoms with Crippen molar-refractivity contribution in [3.8, 4) is 0 Å². The summed E-state index contributed by atoms with van der Waals surface area (Å²) in [6, 6.07) is -0.542. The van der Waals surface area contributed by atoms with Gasteiger partial charge >= 0.3 is 5.97 Å². The van der Waals surface area contributed by atoms with E-state index in [2.05, 4.69) is 0 Å². The van der Waals surface area contributed by atoms with Crippen LogP contribution in [0.3, 0.4) is 0 Å². The molecule has 114 valence electrons. The molecule has 0 aromatic rings. The lowest BCUT2D eigenvalue weighted by Crippen LogP contribution is -2.49. The number of hydrogen-bond acceptors (Lipinski definition) is 4. The van der Waals surface area contributed by atoms with E-state index >= 15 is 0 Å². The van der Waals surface area contributed by atoms with Crippen molar-refractivity contribution >= 4 is 29.5 Å². The molecule has 0 saturated carbocycles. The van der Waals surface area contributed by atoms with E-state index in [0.717, 1.165) is 4.90 Å². The molecule has 1 saturated heterocycles. The van der Waals surface area contributed by atoms with Crippen molar-refractivity contribution in [1.29, 1.82) is 0 Å². The van der Waals surface area contributed by atoms with Crippen LogP contribution in [0, 0.1) is 5.41 Å². The number of amides is 2. The summed E-state index contributed by atoms with van der Waals surface area (Å²) >= 11 is 1.52. The van der Waals surface area contributed by atoms with Gasteiger partial charge in [0, 0.05) is 19.2 Å². The number of rotatable bonds is 4. The molecule has 1 rings (SSSR count). The van der Waals surface area contributed by atoms with Gasteiger partial charge in [0.15, 0.2) is 0 Å². The summed E-state index contributed by atoms with van der Waals surface area (Å²) in [5.74, 6) is -0.395. The summed E-state index contributed by atoms with van der Waals surface area (Å²) in [6.45, 7) is 5.58. The lowest BCUT2D eigenvalue weighted by molar-refractivity contribution is -0.147. The zero-order chi connectivity index (χ0) is 15.5. The van der Waals surface area contributed by atoms with Crippen LogP contribution < -0.4 is 0 Å². The Kier molecular flexibility index (Phi) is 5.44. The van der Waals surface area contributed by atoms with E-state index < -0.39 is 12.0 Å². The molecule has 0 spiro atoms. The number of nitrogens with zero attached hydrogens (tertiary/aromatic N) is 2. The Labute approximate surface area is 123 Å². The SMILES string of the molecule is CN(CC(=O)O)C(=O)C1CSCN1C(=O)CC(C)(C)C. The summed E-state index contributed by atoms with van der Waals surface area (Å²) in [7, 11) is 1.45. The Morgan fingerprint density at radius 2 is 1.95 bits per heavy atom. The molecule has 0 aromatic heterocycles. The third-order valence-corrected chi connectivity index (χ3v) is 3.93. The predicted octanol–water partition coefficient (Wildman–Crippen LogP) is 0.867. The van der Waals surface area contributed by atoms with E-state index in [4.69, 9.17) is 5.11 Å². The van der Waals surface area contributed by atoms with Gasteiger partial charge in [-0.2, -0.15) is 0 Å². The Balaban J connectivity index is 2.71. The highest BCUT2D eigenvalue weighted by molar-refractivity contribution is 7.99. The maximum Gasteiger partial charge on any atom is 0.323 e. The van der Waals surface area contributed by atoms with Crippen molar-refractivity contribution in [2.45, 2.75) is 33.2 Å². The molecule has 0 aromatic carbocycles. The van der Waals surface area contributed by atoms with Crippen LogP contribution in [0.2, 0.25) is 0 Å². The van der Waals surface area contributed by atoms with Gasteiger partial charge in [0.05, 0.1) is 5.88 Å². The molecule has 7 heteroatoms. The summed E-state index contributed by atoms with van der Waals surface area (Å²) in [4.78, 5) is 37.8. The summed E-state index contributed by atoms with van der Waals surface area (Å²) in [5.41, 5.74) is -0.134. The molecule has 0 radical (unpaired) electrons. The highest BCUT2D eigenvalue weighted by Crippen LogP contribution is 2.27. The van der Waals surface area contributed by atoms with Crippen molar-refractivity contribution in [3.05, 3.63) is 0 Å². The first kappa shape index (κ1) is 16.8. The molecule has 1 N–H and O–H groups in total. The second kappa shape index (κ2) is 6.47. The molecule has 1 heterocycles. The molecular formula is C13H22N2O4S. The summed E-state index contributed by atoms with van der Waals surface area (Å²) < 4.78 is 0. The Bertz CT molecular complexity index is 406. The fourth-order valence-corrected chi connectivity index (χ4v) is 3.16. The van der Waals surface area contributed by atoms with Crippen molar-refractivity contribution < 1.29 is 19.5 Å². The number of carboxylic acid groups (broad SMARTS) is 1. The van der Waals surface area contributed by atoms with E-state index in [9.17, 15) is 14.4 Å². The van der Waals surface area contributed by atoms with Crippen LogP contribution in [-0.4, -0.2) is 64.0 Å². The van der Waals surface area contributed by atoms with Gasteiger partial charge in [0.2, 0.25) is 11.8 Å². The topological polar surface area (TPSA) is 77.9 Å². The Morgan fingerprint density at radius 1 is 1.35 bits per heavy atom. The number of carbonyl (C=O) groups excluding carboxylic acids is 2. The van der Waals surface area contributed by atoms with E-state index in [1.54, 1.807) is 4.90 Å². The van der Waals surface area contributed by atoms with E-state index in [1.807, 2.05) is 20.8 Å². The average molecular weight is 302 g/mol. The van der Waals surface area contributed by atoms with Crippen molar-refractivity contribution in [3.63, 3.8) is 0 Å². The number of carbonyl (C=O) groups is 3. The van der Waals surface area contributed by atoms with Crippen molar-refractivity contribution in [2.24, 2.45) is 5.41 Å². The third kappa shape index (κ3) is 4.70. The van der Waals surface area contributed by atoms with Crippen LogP contribution in [0.5, 0.6) is 0 Å². The van der Waals surface area contributed by atoms with Crippen LogP contribution in [-0.2, 0) is 14.4 Å². The molecule has 1 atom stereocenters. The maximum atomic E-state index is 12.2. The van der Waals surface area contributed by atoms with Gasteiger partial charge in [-0.15, -0.1) is 11.8 Å². The van der Waals surface area contributed by atoms with Gasteiger partial charge in [0.25, 0.3) is 0 Å². The third-order valence-electron chi connectivity index (χ3n) is 2.92. The van der Waals surface area contributed by atoms with Gasteiger partial charge in [-0.1, -0.05) is 20.8 Å². The Hall–Kier alpha value is -1.24. The highest BCUT2D eigenvalue weighted by atomic mass is 32.2. The van der Waals surface area contributed by atoms with Gasteiger partial charge < -0.3 is 14.9 Å². The number of hydrogen-bond donors (Lipinski definition) is 1. The van der Waals surface area contributed by atoms with Gasteiger partial charge in [0.1, 0.15) is 12.6 Å². The fraction of sp³-hybridized carbons (Fsp3) is 0.769. The van der Waals surface area contributed by atoms with Crippen LogP contribution in [0.15, 0.2) is 0 Å². The van der Waals surface area contributed by atoms with Gasteiger partial charge in [-0.3, -0.25) is 14.4 Å². The van der Waals surface area contributed by atoms with E-state index in [1.165, 1.54) is 18.8 Å². The smallest absolute Gasteiger partial charge is 0.323 e. The second-order valence-corrected chi connectivity index (χ2v) is 7.20. The lowest BCUT2D eigenvalue weighted by atomic mass is 9.91. The molecule has 2 amide bonds. The summed E-state index contributed by atoms with van der Waals surface area (Å²) in [5, 5.41) is 8.72. The standard InChI is InChI=1S/C13H22N2O4S/c1-13(2,3)5-10(16)15-8-20-7-9(15)12(19)14(4)6-11(17)18/h9H,5-8H2,1-4H3,(H,17,18). The first-order valence-electron chi connectivity index (χ1n) is 6.46. The first-order chi connectivity index (χ1) is 9.11. The monoisotopic (exact) mass is 302 g/mol. The average Bonchev–Trinajstić information content (AvgIpc) is 2.73.